The summed E-state index contributed by atoms with van der Waals surface area (Å²) in [6.07, 6.45) is 8.02. The van der Waals surface area contributed by atoms with Gasteiger partial charge in [0.25, 0.3) is 0 Å². The number of allylic oxidation sites excluding steroid dienone is 4. The predicted molar refractivity (Wildman–Crippen MR) is 349 cm³/mol. The molecule has 4 heterocycles. The van der Waals surface area contributed by atoms with Crippen molar-refractivity contribution >= 4 is 96.0 Å². The molecule has 4 unspecified atom stereocenters. The molecule has 0 aromatic heterocycles. The van der Waals surface area contributed by atoms with Crippen LogP contribution in [0.3, 0.4) is 0 Å². The second-order valence-corrected chi connectivity index (χ2v) is 35.0. The van der Waals surface area contributed by atoms with Crippen LogP contribution in [-0.4, -0.2) is 78.3 Å². The average molecular weight is 1440 g/mol. The minimum atomic E-state index is -1.33. The average Bonchev–Trinajstić information content (AvgIpc) is 1.39. The van der Waals surface area contributed by atoms with E-state index in [0.717, 1.165) is 100 Å². The van der Waals surface area contributed by atoms with Gasteiger partial charge in [0.1, 0.15) is 45.4 Å². The van der Waals surface area contributed by atoms with E-state index in [0.29, 0.717) is 72.3 Å². The molecule has 4 N–H and O–H groups in total. The molecule has 3 aromatic rings. The van der Waals surface area contributed by atoms with Crippen LogP contribution in [-0.2, 0) is 79.8 Å². The molecule has 88 heavy (non-hydrogen) atoms. The standard InChI is InChI=1S/C17H24O3.C16H20O4.C16H22O3.C15H20O4.2CH4.6ClH.2Fe/c1-10-11(2)13(4)16(19)14(12(10)3)6-8-17(5)9-7-15(18)20-17;1-9-10(2)15(19)12(11(3)14(9)18)5-7-16(4)8-6-13(17)20-16;1-9-10(2)12(4)15-13(11(9)3)6-7-16(5,19-15)8-14(17)18;1-8-9(2)14-11(10(3)13(8)18)5-6-15(4,19-14)7-12(16)17;;;;;;;;;;/h19H,6-9H2,1-5H3;5-8H2,1-4H3;6-8H2,1-5H3,(H,17,18);18H,5-7H2,1-4H3,(H,16,17);2*1H4;6*1H;;/q;;;;;;;;;;;;2*+3/p-6. The van der Waals surface area contributed by atoms with Crippen LogP contribution in [0.2, 0.25) is 0 Å². The van der Waals surface area contributed by atoms with Gasteiger partial charge in [0, 0.05) is 40.7 Å². The van der Waals surface area contributed by atoms with Crippen molar-refractivity contribution < 1.29 is 90.5 Å². The van der Waals surface area contributed by atoms with Gasteiger partial charge in [-0.3, -0.25) is 28.8 Å². The van der Waals surface area contributed by atoms with Crippen molar-refractivity contribution in [3.63, 3.8) is 0 Å². The van der Waals surface area contributed by atoms with Gasteiger partial charge in [0.15, 0.2) is 11.6 Å². The Bertz CT molecular complexity index is 3030. The van der Waals surface area contributed by atoms with Crippen LogP contribution in [0.5, 0.6) is 23.0 Å². The summed E-state index contributed by atoms with van der Waals surface area (Å²) in [7, 11) is 29.3. The van der Waals surface area contributed by atoms with E-state index in [4.69, 9.17) is 89.7 Å². The van der Waals surface area contributed by atoms with Gasteiger partial charge in [-0.15, -0.1) is 0 Å². The first-order chi connectivity index (χ1) is 39.5. The fourth-order valence-corrected chi connectivity index (χ4v) is 11.4. The van der Waals surface area contributed by atoms with E-state index in [2.05, 4.69) is 41.5 Å². The third kappa shape index (κ3) is 21.7. The molecule has 4 atom stereocenters. The summed E-state index contributed by atoms with van der Waals surface area (Å²) >= 11 is -2.67. The van der Waals surface area contributed by atoms with Crippen LogP contribution in [0.4, 0.5) is 0 Å². The van der Waals surface area contributed by atoms with Gasteiger partial charge in [-0.2, -0.15) is 0 Å². The van der Waals surface area contributed by atoms with Crippen molar-refractivity contribution in [1.29, 1.82) is 0 Å². The molecular weight excluding hydrogens is 1340 g/mol. The van der Waals surface area contributed by atoms with Gasteiger partial charge in [-0.25, -0.2) is 0 Å². The number of carbonyl (C=O) groups excluding carboxylic acids is 4. The van der Waals surface area contributed by atoms with E-state index >= 15 is 0 Å². The summed E-state index contributed by atoms with van der Waals surface area (Å²) < 4.78 is 22.8. The van der Waals surface area contributed by atoms with E-state index in [1.54, 1.807) is 20.8 Å². The number of carboxylic acid groups (broad SMARTS) is 2. The fourth-order valence-electron chi connectivity index (χ4n) is 11.4. The van der Waals surface area contributed by atoms with Crippen molar-refractivity contribution in [1.82, 2.24) is 0 Å². The summed E-state index contributed by atoms with van der Waals surface area (Å²) in [5.41, 5.74) is 15.3. The number of Topliss-reactive ketones (excluding diaryl/α,β-unsaturated/α-hetero) is 2. The first-order valence-electron chi connectivity index (χ1n) is 28.2. The number of benzene rings is 3. The molecule has 2 saturated heterocycles. The van der Waals surface area contributed by atoms with Crippen molar-refractivity contribution in [2.45, 2.75) is 252 Å². The molecule has 4 aliphatic heterocycles. The summed E-state index contributed by atoms with van der Waals surface area (Å²) in [5, 5.41) is 38.5. The number of hydrogen-bond acceptors (Lipinski definition) is 12. The number of fused-ring (bicyclic) bond motifs is 2. The summed E-state index contributed by atoms with van der Waals surface area (Å²) in [6.45, 7) is 34.9. The number of aliphatic carboxylic acids is 2. The Kier molecular flexibility index (Phi) is 32.1. The Balaban J connectivity index is 0.000000558. The van der Waals surface area contributed by atoms with Crippen LogP contribution in [0.25, 0.3) is 0 Å². The summed E-state index contributed by atoms with van der Waals surface area (Å²) in [6, 6.07) is 0. The van der Waals surface area contributed by atoms with Gasteiger partial charge in [-0.1, -0.05) is 14.9 Å². The van der Waals surface area contributed by atoms with Gasteiger partial charge in [0.05, 0.1) is 12.8 Å². The molecule has 2 fully saturated rings. The number of esters is 2. The normalized spacial score (nSPS) is 21.7. The van der Waals surface area contributed by atoms with Crippen LogP contribution in [0, 0.1) is 76.2 Å². The van der Waals surface area contributed by atoms with Crippen LogP contribution < -0.4 is 9.47 Å². The number of hydrogen-bond donors (Lipinski definition) is 4. The Hall–Kier alpha value is -3.66. The molecule has 8 rings (SSSR count). The van der Waals surface area contributed by atoms with Crippen LogP contribution >= 0.6 is 60.6 Å². The summed E-state index contributed by atoms with van der Waals surface area (Å²) in [5.74, 6) is 0.345. The number of phenolic OH excluding ortho intramolecular Hbond substituents is 2. The number of aromatic hydroxyl groups is 2. The number of ether oxygens (including phenoxy) is 4. The Morgan fingerprint density at radius 3 is 1.15 bits per heavy atom. The van der Waals surface area contributed by atoms with E-state index in [-0.39, 0.29) is 56.8 Å². The van der Waals surface area contributed by atoms with Crippen LogP contribution in [0.15, 0.2) is 22.3 Å². The third-order valence-corrected chi connectivity index (χ3v) is 18.0. The van der Waals surface area contributed by atoms with E-state index in [1.165, 1.54) is 27.8 Å². The van der Waals surface area contributed by atoms with Gasteiger partial charge >= 0.3 is 107 Å². The van der Waals surface area contributed by atoms with Crippen molar-refractivity contribution in [2.24, 2.45) is 0 Å². The maximum absolute atomic E-state index is 12.3. The van der Waals surface area contributed by atoms with E-state index in [9.17, 15) is 39.0 Å². The maximum atomic E-state index is 12.3. The van der Waals surface area contributed by atoms with Crippen molar-refractivity contribution in [3.05, 3.63) is 100 Å². The fraction of sp³-hybridized carbons (Fsp3) is 0.576. The number of rotatable bonds is 10. The van der Waals surface area contributed by atoms with E-state index < -0.39 is 51.1 Å². The van der Waals surface area contributed by atoms with Gasteiger partial charge in [0.2, 0.25) is 0 Å². The topological polar surface area (TPSA) is 220 Å². The zero-order valence-electron chi connectivity index (χ0n) is 52.7. The molecule has 0 bridgehead atoms. The number of carbonyl (C=O) groups is 6. The predicted octanol–water partition coefficient (Wildman–Crippen LogP) is 18.1. The second-order valence-electron chi connectivity index (χ2n) is 24.1. The molecule has 14 nitrogen and oxygen atoms in total. The molecule has 0 saturated carbocycles. The quantitative estimate of drug-likeness (QED) is 0.0843. The van der Waals surface area contributed by atoms with E-state index in [1.807, 2.05) is 62.3 Å². The number of halogens is 6. The Labute approximate surface area is 557 Å². The van der Waals surface area contributed by atoms with Crippen molar-refractivity contribution in [2.75, 3.05) is 0 Å². The first-order valence-corrected chi connectivity index (χ1v) is 37.3. The zero-order chi connectivity index (χ0) is 66.0. The molecule has 0 radical (unpaired) electrons. The molecule has 22 heteroatoms. The first kappa shape index (κ1) is 82.4. The SMILES string of the molecule is C.C.CC1=C(C)C(=O)C(CCC2(C)CCC(=O)O2)=C(C)C1=O.Cc1c(C)c(C)c(CCC2(C)CCC(=O)O2)c(O)c1C.Cc1c(C)c(C)c2c(c1C)CCC(C)(CC(=O)O)O2.Cc1c(C)c2c(c(C)c1O)CCC(C)(CC(=O)O)O2.[Cl][Fe]([Cl])[Cl].[Cl][Fe]([Cl])[Cl]. The number of cyclic esters (lactones) is 2. The molecule has 500 valence electrons. The molecule has 3 aromatic carbocycles. The molecular formula is C66H94Cl6Fe2O14. The van der Waals surface area contributed by atoms with Gasteiger partial charge < -0.3 is 39.4 Å². The minimum absolute atomic E-state index is 0. The van der Waals surface area contributed by atoms with Crippen LogP contribution in [0.1, 0.15) is 212 Å². The molecule has 5 aliphatic rings. The Morgan fingerprint density at radius 1 is 0.420 bits per heavy atom. The third-order valence-electron chi connectivity index (χ3n) is 18.0. The molecule has 0 amide bonds. The van der Waals surface area contributed by atoms with Gasteiger partial charge in [-0.05, 0) is 261 Å². The monoisotopic (exact) mass is 1430 g/mol. The Morgan fingerprint density at radius 2 is 0.750 bits per heavy atom. The van der Waals surface area contributed by atoms with Crippen molar-refractivity contribution in [3.8, 4) is 23.0 Å². The number of carboxylic acids is 2. The molecule has 1 aliphatic carbocycles. The second kappa shape index (κ2) is 34.3. The number of ketones is 2. The zero-order valence-corrected chi connectivity index (χ0v) is 59.5. The summed E-state index contributed by atoms with van der Waals surface area (Å²) in [4.78, 5) is 68.8. The molecule has 0 spiro atoms. The number of phenols is 2.